The van der Waals surface area contributed by atoms with Gasteiger partial charge in [-0.05, 0) is 45.4 Å². The maximum Gasteiger partial charge on any atom is 0.137 e. The third kappa shape index (κ3) is 6.35. The summed E-state index contributed by atoms with van der Waals surface area (Å²) in [5.74, 6) is 0.798. The molecule has 0 spiro atoms. The first-order valence-electron chi connectivity index (χ1n) is 7.61. The molecule has 0 aliphatic carbocycles. The monoisotopic (exact) mass is 280 g/mol. The summed E-state index contributed by atoms with van der Waals surface area (Å²) in [6, 6.07) is 4.34. The number of pyridine rings is 1. The number of hydrogen-bond donors (Lipinski definition) is 1. The Hall–Kier alpha value is -1.13. The van der Waals surface area contributed by atoms with Gasteiger partial charge in [0.05, 0.1) is 24.6 Å². The second-order valence-electron chi connectivity index (χ2n) is 5.10. The SMILES string of the molecule is CCCNC(CC)c1ccc(OCCOC(C)C)cn1. The van der Waals surface area contributed by atoms with Crippen LogP contribution in [0.1, 0.15) is 52.3 Å². The van der Waals surface area contributed by atoms with Gasteiger partial charge in [-0.1, -0.05) is 13.8 Å². The molecule has 0 amide bonds. The van der Waals surface area contributed by atoms with Crippen LogP contribution in [-0.2, 0) is 4.74 Å². The molecule has 0 aliphatic rings. The van der Waals surface area contributed by atoms with E-state index in [1.165, 1.54) is 0 Å². The number of nitrogens with zero attached hydrogens (tertiary/aromatic N) is 1. The Morgan fingerprint density at radius 2 is 2.00 bits per heavy atom. The van der Waals surface area contributed by atoms with Gasteiger partial charge in [0, 0.05) is 6.04 Å². The molecule has 1 aromatic rings. The molecule has 0 aliphatic heterocycles. The van der Waals surface area contributed by atoms with Crippen LogP contribution in [0.25, 0.3) is 0 Å². The van der Waals surface area contributed by atoms with E-state index in [9.17, 15) is 0 Å². The normalized spacial score (nSPS) is 12.7. The number of rotatable bonds is 10. The summed E-state index contributed by atoms with van der Waals surface area (Å²) in [7, 11) is 0. The van der Waals surface area contributed by atoms with E-state index in [-0.39, 0.29) is 6.10 Å². The third-order valence-electron chi connectivity index (χ3n) is 2.97. The lowest BCUT2D eigenvalue weighted by molar-refractivity contribution is 0.0552. The lowest BCUT2D eigenvalue weighted by atomic mass is 10.1. The first kappa shape index (κ1) is 16.9. The predicted octanol–water partition coefficient (Wildman–Crippen LogP) is 3.34. The molecule has 1 atom stereocenters. The van der Waals surface area contributed by atoms with Gasteiger partial charge < -0.3 is 14.8 Å². The molecule has 1 heterocycles. The molecule has 0 radical (unpaired) electrons. The molecule has 0 fully saturated rings. The van der Waals surface area contributed by atoms with Crippen molar-refractivity contribution in [2.75, 3.05) is 19.8 Å². The van der Waals surface area contributed by atoms with E-state index in [0.717, 1.165) is 30.8 Å². The fourth-order valence-corrected chi connectivity index (χ4v) is 1.90. The van der Waals surface area contributed by atoms with E-state index in [1.54, 1.807) is 6.20 Å². The summed E-state index contributed by atoms with van der Waals surface area (Å²) in [6.45, 7) is 10.6. The highest BCUT2D eigenvalue weighted by Crippen LogP contribution is 2.17. The van der Waals surface area contributed by atoms with Crippen molar-refractivity contribution in [1.82, 2.24) is 10.3 Å². The van der Waals surface area contributed by atoms with E-state index in [1.807, 2.05) is 26.0 Å². The minimum atomic E-state index is 0.244. The Labute approximate surface area is 122 Å². The van der Waals surface area contributed by atoms with Gasteiger partial charge in [-0.25, -0.2) is 0 Å². The van der Waals surface area contributed by atoms with E-state index >= 15 is 0 Å². The van der Waals surface area contributed by atoms with Crippen molar-refractivity contribution in [3.05, 3.63) is 24.0 Å². The summed E-state index contributed by atoms with van der Waals surface area (Å²) in [6.07, 6.45) is 4.21. The van der Waals surface area contributed by atoms with Crippen molar-refractivity contribution in [3.8, 4) is 5.75 Å². The van der Waals surface area contributed by atoms with Crippen molar-refractivity contribution in [2.24, 2.45) is 0 Å². The highest BCUT2D eigenvalue weighted by Gasteiger charge is 2.09. The van der Waals surface area contributed by atoms with Crippen molar-refractivity contribution in [1.29, 1.82) is 0 Å². The molecule has 0 saturated heterocycles. The summed E-state index contributed by atoms with van der Waals surface area (Å²) in [5, 5.41) is 3.50. The summed E-state index contributed by atoms with van der Waals surface area (Å²) in [5.41, 5.74) is 1.08. The van der Waals surface area contributed by atoms with Crippen LogP contribution >= 0.6 is 0 Å². The van der Waals surface area contributed by atoms with Crippen LogP contribution in [0.2, 0.25) is 0 Å². The lowest BCUT2D eigenvalue weighted by Crippen LogP contribution is -2.22. The molecule has 4 nitrogen and oxygen atoms in total. The lowest BCUT2D eigenvalue weighted by Gasteiger charge is -2.16. The molecule has 0 bridgehead atoms. The van der Waals surface area contributed by atoms with Gasteiger partial charge in [0.2, 0.25) is 0 Å². The van der Waals surface area contributed by atoms with Crippen molar-refractivity contribution in [3.63, 3.8) is 0 Å². The Bertz CT molecular complexity index is 352. The van der Waals surface area contributed by atoms with Gasteiger partial charge in [0.25, 0.3) is 0 Å². The molecule has 1 unspecified atom stereocenters. The van der Waals surface area contributed by atoms with Gasteiger partial charge >= 0.3 is 0 Å². The van der Waals surface area contributed by atoms with Gasteiger partial charge in [-0.2, -0.15) is 0 Å². The number of aromatic nitrogens is 1. The molecular weight excluding hydrogens is 252 g/mol. The largest absolute Gasteiger partial charge is 0.490 e. The smallest absolute Gasteiger partial charge is 0.137 e. The maximum atomic E-state index is 5.60. The number of nitrogens with one attached hydrogen (secondary N) is 1. The zero-order chi connectivity index (χ0) is 14.8. The van der Waals surface area contributed by atoms with E-state index in [0.29, 0.717) is 19.3 Å². The van der Waals surface area contributed by atoms with Gasteiger partial charge in [-0.15, -0.1) is 0 Å². The quantitative estimate of drug-likeness (QED) is 0.668. The molecule has 1 rings (SSSR count). The standard InChI is InChI=1S/C16H28N2O2/c1-5-9-17-15(6-2)16-8-7-14(12-18-16)20-11-10-19-13(3)4/h7-8,12-13,15,17H,5-6,9-11H2,1-4H3. The van der Waals surface area contributed by atoms with E-state index in [2.05, 4.69) is 24.1 Å². The first-order valence-corrected chi connectivity index (χ1v) is 7.61. The van der Waals surface area contributed by atoms with Crippen molar-refractivity contribution < 1.29 is 9.47 Å². The van der Waals surface area contributed by atoms with Crippen LogP contribution in [0.15, 0.2) is 18.3 Å². The third-order valence-corrected chi connectivity index (χ3v) is 2.97. The summed E-state index contributed by atoms with van der Waals surface area (Å²) >= 11 is 0. The number of ether oxygens (including phenoxy) is 2. The van der Waals surface area contributed by atoms with Crippen molar-refractivity contribution >= 4 is 0 Å². The minimum Gasteiger partial charge on any atom is -0.490 e. The Balaban J connectivity index is 2.42. The highest BCUT2D eigenvalue weighted by molar-refractivity contribution is 5.21. The molecule has 0 aromatic carbocycles. The zero-order valence-electron chi connectivity index (χ0n) is 13.2. The average Bonchev–Trinajstić information content (AvgIpc) is 2.45. The first-order chi connectivity index (χ1) is 9.67. The molecule has 0 saturated carbocycles. The van der Waals surface area contributed by atoms with Gasteiger partial charge in [0.1, 0.15) is 12.4 Å². The maximum absolute atomic E-state index is 5.60. The topological polar surface area (TPSA) is 43.4 Å². The van der Waals surface area contributed by atoms with Crippen LogP contribution < -0.4 is 10.1 Å². The van der Waals surface area contributed by atoms with Crippen LogP contribution in [0.3, 0.4) is 0 Å². The van der Waals surface area contributed by atoms with Crippen LogP contribution in [0.4, 0.5) is 0 Å². The summed E-state index contributed by atoms with van der Waals surface area (Å²) < 4.78 is 11.0. The average molecular weight is 280 g/mol. The Morgan fingerprint density at radius 3 is 2.55 bits per heavy atom. The van der Waals surface area contributed by atoms with E-state index < -0.39 is 0 Å². The summed E-state index contributed by atoms with van der Waals surface area (Å²) in [4.78, 5) is 4.49. The Morgan fingerprint density at radius 1 is 1.20 bits per heavy atom. The second-order valence-corrected chi connectivity index (χ2v) is 5.10. The van der Waals surface area contributed by atoms with Gasteiger partial charge in [-0.3, -0.25) is 4.98 Å². The molecule has 1 N–H and O–H groups in total. The second kappa shape index (κ2) is 9.72. The van der Waals surface area contributed by atoms with Crippen molar-refractivity contribution in [2.45, 2.75) is 52.7 Å². The molecule has 20 heavy (non-hydrogen) atoms. The zero-order valence-corrected chi connectivity index (χ0v) is 13.2. The fourth-order valence-electron chi connectivity index (χ4n) is 1.90. The van der Waals surface area contributed by atoms with E-state index in [4.69, 9.17) is 9.47 Å². The van der Waals surface area contributed by atoms with Crippen LogP contribution in [0.5, 0.6) is 5.75 Å². The van der Waals surface area contributed by atoms with Crippen LogP contribution in [0, 0.1) is 0 Å². The predicted molar refractivity (Wildman–Crippen MR) is 82.1 cm³/mol. The molecule has 114 valence electrons. The van der Waals surface area contributed by atoms with Gasteiger partial charge in [0.15, 0.2) is 0 Å². The van der Waals surface area contributed by atoms with Crippen LogP contribution in [-0.4, -0.2) is 30.8 Å². The highest BCUT2D eigenvalue weighted by atomic mass is 16.5. The Kier molecular flexibility index (Phi) is 8.23. The molecule has 4 heteroatoms. The minimum absolute atomic E-state index is 0.244. The molecule has 1 aromatic heterocycles. The fraction of sp³-hybridized carbons (Fsp3) is 0.688. The molecular formula is C16H28N2O2. The number of hydrogen-bond acceptors (Lipinski definition) is 4.